The Bertz CT molecular complexity index is 903. The Morgan fingerprint density at radius 1 is 1.04 bits per heavy atom. The summed E-state index contributed by atoms with van der Waals surface area (Å²) in [5, 5.41) is 8.71. The summed E-state index contributed by atoms with van der Waals surface area (Å²) in [4.78, 5) is 12.1. The summed E-state index contributed by atoms with van der Waals surface area (Å²) in [7, 11) is -3.82. The molecule has 5 nitrogen and oxygen atoms in total. The molecule has 1 aliphatic carbocycles. The van der Waals surface area contributed by atoms with E-state index in [1.54, 1.807) is 24.3 Å². The van der Waals surface area contributed by atoms with Crippen LogP contribution in [0.4, 0.5) is 0 Å². The van der Waals surface area contributed by atoms with Crippen molar-refractivity contribution < 1.29 is 18.3 Å². The van der Waals surface area contributed by atoms with Gasteiger partial charge in [0.1, 0.15) is 5.41 Å². The third-order valence-electron chi connectivity index (χ3n) is 5.11. The number of aliphatic carboxylic acids is 1. The summed E-state index contributed by atoms with van der Waals surface area (Å²) in [6.45, 7) is 3.56. The molecule has 0 aliphatic heterocycles. The second-order valence-corrected chi connectivity index (χ2v) is 8.79. The fourth-order valence-electron chi connectivity index (χ4n) is 3.57. The van der Waals surface area contributed by atoms with E-state index < -0.39 is 32.4 Å². The molecule has 0 spiro atoms. The zero-order valence-corrected chi connectivity index (χ0v) is 15.0. The lowest BCUT2D eigenvalue weighted by atomic mass is 9.99. The van der Waals surface area contributed by atoms with E-state index in [2.05, 4.69) is 0 Å². The standard InChI is InChI=1S/C19H21NO4S/c1-12-3-7-14(8-4-12)16-17(19(16,11-20)18(21)22)25(23,24)15-9-5-13(2)6-10-15/h3-10,16-17H,11,20H2,1-2H3,(H,21,22)/t16-,17+,19-/m0/s1. The van der Waals surface area contributed by atoms with Crippen molar-refractivity contribution >= 4 is 15.8 Å². The molecule has 6 heteroatoms. The van der Waals surface area contributed by atoms with E-state index in [0.717, 1.165) is 11.1 Å². The third-order valence-corrected chi connectivity index (χ3v) is 7.40. The smallest absolute Gasteiger partial charge is 0.312 e. The number of carbonyl (C=O) groups is 1. The van der Waals surface area contributed by atoms with Crippen LogP contribution in [0.1, 0.15) is 22.6 Å². The molecule has 3 atom stereocenters. The summed E-state index contributed by atoms with van der Waals surface area (Å²) in [6, 6.07) is 13.8. The number of benzene rings is 2. The summed E-state index contributed by atoms with van der Waals surface area (Å²) in [5.74, 6) is -1.82. The molecule has 1 fully saturated rings. The van der Waals surface area contributed by atoms with Crippen LogP contribution in [0, 0.1) is 19.3 Å². The summed E-state index contributed by atoms with van der Waals surface area (Å²) in [5.41, 5.74) is 6.94. The van der Waals surface area contributed by atoms with E-state index in [9.17, 15) is 18.3 Å². The topological polar surface area (TPSA) is 97.5 Å². The first-order valence-electron chi connectivity index (χ1n) is 8.05. The van der Waals surface area contributed by atoms with Gasteiger partial charge in [0.05, 0.1) is 10.1 Å². The number of carboxylic acid groups (broad SMARTS) is 1. The maximum Gasteiger partial charge on any atom is 0.312 e. The molecule has 0 heterocycles. The van der Waals surface area contributed by atoms with Crippen molar-refractivity contribution in [1.29, 1.82) is 0 Å². The molecule has 3 rings (SSSR count). The van der Waals surface area contributed by atoms with Crippen molar-refractivity contribution in [2.45, 2.75) is 29.9 Å². The van der Waals surface area contributed by atoms with Crippen molar-refractivity contribution in [1.82, 2.24) is 0 Å². The van der Waals surface area contributed by atoms with E-state index in [-0.39, 0.29) is 11.4 Å². The van der Waals surface area contributed by atoms with Gasteiger partial charge in [0.25, 0.3) is 0 Å². The maximum absolute atomic E-state index is 13.1. The molecule has 1 aliphatic rings. The van der Waals surface area contributed by atoms with Gasteiger partial charge >= 0.3 is 5.97 Å². The molecule has 132 valence electrons. The summed E-state index contributed by atoms with van der Waals surface area (Å²) < 4.78 is 26.2. The minimum absolute atomic E-state index is 0.136. The molecule has 0 bridgehead atoms. The average Bonchev–Trinajstić information content (AvgIpc) is 3.27. The van der Waals surface area contributed by atoms with Crippen molar-refractivity contribution in [3.05, 3.63) is 65.2 Å². The van der Waals surface area contributed by atoms with Gasteiger partial charge in [-0.2, -0.15) is 0 Å². The number of hydrogen-bond donors (Lipinski definition) is 2. The van der Waals surface area contributed by atoms with E-state index in [0.29, 0.717) is 5.56 Å². The van der Waals surface area contributed by atoms with Crippen LogP contribution in [-0.2, 0) is 14.6 Å². The maximum atomic E-state index is 13.1. The highest BCUT2D eigenvalue weighted by molar-refractivity contribution is 7.92. The molecule has 1 saturated carbocycles. The van der Waals surface area contributed by atoms with Gasteiger partial charge in [-0.3, -0.25) is 4.79 Å². The Balaban J connectivity index is 2.10. The zero-order chi connectivity index (χ0) is 18.4. The van der Waals surface area contributed by atoms with Gasteiger partial charge in [0.15, 0.2) is 9.84 Å². The molecular weight excluding hydrogens is 338 g/mol. The highest BCUT2D eigenvalue weighted by Crippen LogP contribution is 2.63. The first kappa shape index (κ1) is 17.6. The Morgan fingerprint density at radius 3 is 1.96 bits per heavy atom. The van der Waals surface area contributed by atoms with Gasteiger partial charge in [-0.15, -0.1) is 0 Å². The molecular formula is C19H21NO4S. The van der Waals surface area contributed by atoms with E-state index in [1.165, 1.54) is 12.1 Å². The van der Waals surface area contributed by atoms with Crippen molar-refractivity contribution in [2.75, 3.05) is 6.54 Å². The predicted molar refractivity (Wildman–Crippen MR) is 95.2 cm³/mol. The van der Waals surface area contributed by atoms with Gasteiger partial charge in [-0.1, -0.05) is 47.5 Å². The molecule has 2 aromatic rings. The normalized spacial score (nSPS) is 25.6. The lowest BCUT2D eigenvalue weighted by molar-refractivity contribution is -0.143. The molecule has 2 aromatic carbocycles. The third kappa shape index (κ3) is 2.65. The first-order chi connectivity index (χ1) is 11.7. The van der Waals surface area contributed by atoms with Gasteiger partial charge in [0, 0.05) is 12.5 Å². The molecule has 0 aromatic heterocycles. The quantitative estimate of drug-likeness (QED) is 0.853. The van der Waals surface area contributed by atoms with Crippen LogP contribution in [-0.4, -0.2) is 31.3 Å². The van der Waals surface area contributed by atoms with Crippen LogP contribution in [0.5, 0.6) is 0 Å². The summed E-state index contributed by atoms with van der Waals surface area (Å²) in [6.07, 6.45) is 0. The molecule has 0 amide bonds. The molecule has 0 saturated heterocycles. The zero-order valence-electron chi connectivity index (χ0n) is 14.1. The Morgan fingerprint density at radius 2 is 1.52 bits per heavy atom. The highest BCUT2D eigenvalue weighted by atomic mass is 32.2. The second-order valence-electron chi connectivity index (χ2n) is 6.72. The fourth-order valence-corrected chi connectivity index (χ4v) is 5.95. The minimum atomic E-state index is -3.82. The number of hydrogen-bond acceptors (Lipinski definition) is 4. The first-order valence-corrected chi connectivity index (χ1v) is 9.60. The predicted octanol–water partition coefficient (Wildman–Crippen LogP) is 2.27. The SMILES string of the molecule is Cc1ccc([C@H]2[C@@H](S(=O)(=O)c3ccc(C)cc3)[C@@]2(CN)C(=O)O)cc1. The van der Waals surface area contributed by atoms with Gasteiger partial charge in [-0.05, 0) is 31.5 Å². The highest BCUT2D eigenvalue weighted by Gasteiger charge is 2.75. The van der Waals surface area contributed by atoms with Gasteiger partial charge < -0.3 is 10.8 Å². The van der Waals surface area contributed by atoms with Crippen LogP contribution in [0.2, 0.25) is 0 Å². The molecule has 3 N–H and O–H groups in total. The van der Waals surface area contributed by atoms with E-state index in [4.69, 9.17) is 5.73 Å². The van der Waals surface area contributed by atoms with Gasteiger partial charge in [-0.25, -0.2) is 8.42 Å². The number of rotatable bonds is 5. The number of carboxylic acids is 1. The Hall–Kier alpha value is -2.18. The second kappa shape index (κ2) is 5.97. The summed E-state index contributed by atoms with van der Waals surface area (Å²) >= 11 is 0. The number of aryl methyl sites for hydroxylation is 2. The van der Waals surface area contributed by atoms with Crippen LogP contribution in [0.25, 0.3) is 0 Å². The van der Waals surface area contributed by atoms with Crippen molar-refractivity contribution in [2.24, 2.45) is 11.1 Å². The number of nitrogens with two attached hydrogens (primary N) is 1. The van der Waals surface area contributed by atoms with Crippen LogP contribution in [0.3, 0.4) is 0 Å². The molecule has 25 heavy (non-hydrogen) atoms. The molecule has 0 unspecified atom stereocenters. The fraction of sp³-hybridized carbons (Fsp3) is 0.316. The van der Waals surface area contributed by atoms with Crippen LogP contribution in [0.15, 0.2) is 53.4 Å². The van der Waals surface area contributed by atoms with Crippen LogP contribution >= 0.6 is 0 Å². The van der Waals surface area contributed by atoms with Crippen molar-refractivity contribution in [3.63, 3.8) is 0 Å². The Labute approximate surface area is 147 Å². The van der Waals surface area contributed by atoms with Crippen molar-refractivity contribution in [3.8, 4) is 0 Å². The van der Waals surface area contributed by atoms with E-state index >= 15 is 0 Å². The average molecular weight is 359 g/mol. The monoisotopic (exact) mass is 359 g/mol. The Kier molecular flexibility index (Phi) is 4.21. The van der Waals surface area contributed by atoms with E-state index in [1.807, 2.05) is 26.0 Å². The van der Waals surface area contributed by atoms with Crippen LogP contribution < -0.4 is 5.73 Å². The minimum Gasteiger partial charge on any atom is -0.481 e. The molecule has 0 radical (unpaired) electrons. The number of sulfone groups is 1. The largest absolute Gasteiger partial charge is 0.481 e. The lowest BCUT2D eigenvalue weighted by Crippen LogP contribution is -2.31. The lowest BCUT2D eigenvalue weighted by Gasteiger charge is -2.10. The van der Waals surface area contributed by atoms with Gasteiger partial charge in [0.2, 0.25) is 0 Å².